The first-order valence-electron chi connectivity index (χ1n) is 10.3. The van der Waals surface area contributed by atoms with E-state index in [1.807, 2.05) is 49.4 Å². The molecule has 3 aliphatic carbocycles. The molecule has 0 heterocycles. The molecule has 4 nitrogen and oxygen atoms in total. The monoisotopic (exact) mass is 402 g/mol. The molecule has 2 amide bonds. The fourth-order valence-electron chi connectivity index (χ4n) is 5.16. The lowest BCUT2D eigenvalue weighted by molar-refractivity contribution is -0.184. The number of carbonyl (C=O) groups is 2. The molecular weight excluding hydrogens is 379 g/mol. The summed E-state index contributed by atoms with van der Waals surface area (Å²) in [5.74, 6) is -0.611. The lowest BCUT2D eigenvalue weighted by Gasteiger charge is -2.72. The molecule has 0 aliphatic heterocycles. The van der Waals surface area contributed by atoms with Gasteiger partial charge in [-0.15, -0.1) is 0 Å². The van der Waals surface area contributed by atoms with Crippen LogP contribution in [0.2, 0.25) is 0 Å². The normalized spacial score (nSPS) is 25.0. The Morgan fingerprint density at radius 2 is 1.60 bits per heavy atom. The smallest absolute Gasteiger partial charge is 0.251 e. The molecule has 5 heteroatoms. The lowest BCUT2D eigenvalue weighted by Crippen LogP contribution is -2.77. The van der Waals surface area contributed by atoms with E-state index >= 15 is 0 Å². The van der Waals surface area contributed by atoms with Crippen LogP contribution in [0.3, 0.4) is 0 Å². The Balaban J connectivity index is 1.20. The molecule has 2 N–H and O–H groups in total. The molecule has 0 unspecified atom stereocenters. The molecule has 0 radical (unpaired) electrons. The second kappa shape index (κ2) is 6.66. The van der Waals surface area contributed by atoms with E-state index in [2.05, 4.69) is 10.6 Å². The summed E-state index contributed by atoms with van der Waals surface area (Å²) in [6, 6.07) is 19.5. The first kappa shape index (κ1) is 18.8. The van der Waals surface area contributed by atoms with Gasteiger partial charge in [0, 0.05) is 22.7 Å². The molecule has 30 heavy (non-hydrogen) atoms. The van der Waals surface area contributed by atoms with E-state index in [0.717, 1.165) is 30.0 Å². The van der Waals surface area contributed by atoms with Crippen molar-refractivity contribution in [3.63, 3.8) is 0 Å². The van der Waals surface area contributed by atoms with Crippen molar-refractivity contribution in [1.82, 2.24) is 5.32 Å². The number of hydrogen-bond donors (Lipinski definition) is 2. The molecule has 2 bridgehead atoms. The average molecular weight is 402 g/mol. The van der Waals surface area contributed by atoms with Crippen molar-refractivity contribution in [2.75, 3.05) is 5.32 Å². The van der Waals surface area contributed by atoms with Crippen molar-refractivity contribution in [3.8, 4) is 0 Å². The second-order valence-corrected chi connectivity index (χ2v) is 8.91. The molecule has 3 aromatic carbocycles. The summed E-state index contributed by atoms with van der Waals surface area (Å²) < 4.78 is 13.0. The first-order chi connectivity index (χ1) is 14.4. The largest absolute Gasteiger partial charge is 0.347 e. The summed E-state index contributed by atoms with van der Waals surface area (Å²) >= 11 is 0. The number of rotatable bonds is 5. The Labute approximate surface area is 174 Å². The third-order valence-electron chi connectivity index (χ3n) is 6.89. The number of amides is 2. The highest BCUT2D eigenvalue weighted by Gasteiger charge is 2.71. The molecule has 6 rings (SSSR count). The highest BCUT2D eigenvalue weighted by molar-refractivity contribution is 5.99. The zero-order valence-corrected chi connectivity index (χ0v) is 16.7. The van der Waals surface area contributed by atoms with Gasteiger partial charge in [-0.2, -0.15) is 0 Å². The Hall–Kier alpha value is -3.21. The zero-order chi connectivity index (χ0) is 20.9. The highest BCUT2D eigenvalue weighted by Crippen LogP contribution is 2.70. The number of hydrogen-bond acceptors (Lipinski definition) is 2. The van der Waals surface area contributed by atoms with Gasteiger partial charge in [-0.05, 0) is 71.8 Å². The number of carbonyl (C=O) groups excluding carboxylic acids is 2. The van der Waals surface area contributed by atoms with Crippen molar-refractivity contribution in [3.05, 3.63) is 78.1 Å². The van der Waals surface area contributed by atoms with Crippen LogP contribution < -0.4 is 10.6 Å². The van der Waals surface area contributed by atoms with Crippen molar-refractivity contribution < 1.29 is 14.0 Å². The minimum atomic E-state index is -0.329. The van der Waals surface area contributed by atoms with Crippen LogP contribution in [0.1, 0.15) is 36.5 Å². The van der Waals surface area contributed by atoms with Gasteiger partial charge < -0.3 is 10.6 Å². The fourth-order valence-corrected chi connectivity index (χ4v) is 5.16. The van der Waals surface area contributed by atoms with Gasteiger partial charge in [-0.3, -0.25) is 9.59 Å². The van der Waals surface area contributed by atoms with Crippen LogP contribution in [-0.2, 0) is 4.79 Å². The van der Waals surface area contributed by atoms with Crippen LogP contribution in [0.4, 0.5) is 10.1 Å². The van der Waals surface area contributed by atoms with Crippen molar-refractivity contribution in [2.24, 2.45) is 11.3 Å². The predicted molar refractivity (Wildman–Crippen MR) is 115 cm³/mol. The zero-order valence-electron chi connectivity index (χ0n) is 16.7. The van der Waals surface area contributed by atoms with Gasteiger partial charge in [0.2, 0.25) is 5.91 Å². The number of nitrogens with one attached hydrogen (secondary N) is 2. The molecule has 0 aromatic heterocycles. The van der Waals surface area contributed by atoms with Crippen LogP contribution in [0.15, 0.2) is 66.7 Å². The first-order valence-corrected chi connectivity index (χ1v) is 10.3. The topological polar surface area (TPSA) is 58.2 Å². The molecule has 3 saturated carbocycles. The maximum absolute atomic E-state index is 13.0. The molecule has 3 fully saturated rings. The Bertz CT molecular complexity index is 1140. The van der Waals surface area contributed by atoms with Crippen LogP contribution >= 0.6 is 0 Å². The molecule has 3 aromatic rings. The number of benzene rings is 3. The maximum atomic E-state index is 13.0. The number of anilines is 1. The number of halogens is 1. The van der Waals surface area contributed by atoms with E-state index in [0.29, 0.717) is 11.3 Å². The lowest BCUT2D eigenvalue weighted by atomic mass is 9.36. The van der Waals surface area contributed by atoms with E-state index in [4.69, 9.17) is 0 Å². The summed E-state index contributed by atoms with van der Waals surface area (Å²) in [4.78, 5) is 25.4. The van der Waals surface area contributed by atoms with Crippen LogP contribution in [0, 0.1) is 17.2 Å². The third-order valence-corrected chi connectivity index (χ3v) is 6.89. The van der Waals surface area contributed by atoms with E-state index in [9.17, 15) is 14.0 Å². The predicted octanol–water partition coefficient (Wildman–Crippen LogP) is 4.91. The molecule has 3 aliphatic rings. The quantitative estimate of drug-likeness (QED) is 0.637. The van der Waals surface area contributed by atoms with Crippen LogP contribution in [0.5, 0.6) is 0 Å². The van der Waals surface area contributed by atoms with Crippen molar-refractivity contribution in [2.45, 2.75) is 31.7 Å². The van der Waals surface area contributed by atoms with E-state index in [1.54, 1.807) is 12.1 Å². The third kappa shape index (κ3) is 3.05. The van der Waals surface area contributed by atoms with E-state index in [-0.39, 0.29) is 34.5 Å². The minimum absolute atomic E-state index is 0.0548. The van der Waals surface area contributed by atoms with E-state index < -0.39 is 0 Å². The van der Waals surface area contributed by atoms with Crippen LogP contribution in [-0.4, -0.2) is 17.4 Å². The Kier molecular flexibility index (Phi) is 4.17. The highest BCUT2D eigenvalue weighted by atomic mass is 19.1. The molecule has 1 atom stereocenters. The molecular formula is C25H23FN2O2. The molecule has 152 valence electrons. The average Bonchev–Trinajstić information content (AvgIpc) is 2.70. The minimum Gasteiger partial charge on any atom is -0.347 e. The SMILES string of the molecule is C[C@H](C(=O)Nc1ccc(F)cc1)C12CC(NC(=O)c3ccc4ccccc4c3)(C1)C2. The maximum Gasteiger partial charge on any atom is 0.251 e. The van der Waals surface area contributed by atoms with Gasteiger partial charge >= 0.3 is 0 Å². The fraction of sp³-hybridized carbons (Fsp3) is 0.280. The van der Waals surface area contributed by atoms with Crippen molar-refractivity contribution >= 4 is 28.3 Å². The van der Waals surface area contributed by atoms with Gasteiger partial charge in [0.15, 0.2) is 0 Å². The summed E-state index contributed by atoms with van der Waals surface area (Å²) in [7, 11) is 0. The molecule has 0 saturated heterocycles. The van der Waals surface area contributed by atoms with Crippen molar-refractivity contribution in [1.29, 1.82) is 0 Å². The summed E-state index contributed by atoms with van der Waals surface area (Å²) in [5, 5.41) is 8.23. The van der Waals surface area contributed by atoms with Gasteiger partial charge in [-0.1, -0.05) is 37.3 Å². The molecule has 0 spiro atoms. The standard InChI is InChI=1S/C25H23FN2O2/c1-16(22(29)27-21-10-8-20(26)9-11-21)24-13-25(14-24,15-24)28-23(30)19-7-6-17-4-2-3-5-18(17)12-19/h2-12,16H,13-15H2,1H3,(H,27,29)(H,28,30)/t16-,24?,25?/m1/s1. The Morgan fingerprint density at radius 3 is 2.30 bits per heavy atom. The summed E-state index contributed by atoms with van der Waals surface area (Å²) in [6.45, 7) is 1.94. The van der Waals surface area contributed by atoms with E-state index in [1.165, 1.54) is 12.1 Å². The summed E-state index contributed by atoms with van der Waals surface area (Å²) in [6.07, 6.45) is 2.45. The summed E-state index contributed by atoms with van der Waals surface area (Å²) in [5.41, 5.74) is 1.02. The Morgan fingerprint density at radius 1 is 0.933 bits per heavy atom. The van der Waals surface area contributed by atoms with Gasteiger partial charge in [0.1, 0.15) is 5.82 Å². The van der Waals surface area contributed by atoms with Gasteiger partial charge in [0.05, 0.1) is 0 Å². The number of fused-ring (bicyclic) bond motifs is 1. The van der Waals surface area contributed by atoms with Gasteiger partial charge in [0.25, 0.3) is 5.91 Å². The van der Waals surface area contributed by atoms with Crippen LogP contribution in [0.25, 0.3) is 10.8 Å². The van der Waals surface area contributed by atoms with Gasteiger partial charge in [-0.25, -0.2) is 4.39 Å². The second-order valence-electron chi connectivity index (χ2n) is 8.91.